The molecule has 1 aromatic heterocycles. The molecule has 21 heavy (non-hydrogen) atoms. The van der Waals surface area contributed by atoms with E-state index in [2.05, 4.69) is 15.7 Å². The predicted octanol–water partition coefficient (Wildman–Crippen LogP) is 1.62. The number of pyridine rings is 1. The summed E-state index contributed by atoms with van der Waals surface area (Å²) in [6, 6.07) is 12.7. The standard InChI is InChI=1S/C15H16N4O2/c16-19-14-7-3-5-12(17-14)15(20)18-11-8-9-21-13-6-2-1-4-10(11)13/h1-7,11H,8-9,16H2,(H,17,19)(H,18,20). The molecule has 0 radical (unpaired) electrons. The lowest BCUT2D eigenvalue weighted by atomic mass is 10.0. The number of aromatic nitrogens is 1. The van der Waals surface area contributed by atoms with Crippen LogP contribution in [0.4, 0.5) is 5.82 Å². The molecule has 0 aliphatic carbocycles. The maximum absolute atomic E-state index is 12.3. The van der Waals surface area contributed by atoms with Gasteiger partial charge in [0.1, 0.15) is 17.3 Å². The summed E-state index contributed by atoms with van der Waals surface area (Å²) in [5.41, 5.74) is 3.75. The molecule has 108 valence electrons. The van der Waals surface area contributed by atoms with Crippen molar-refractivity contribution >= 4 is 11.7 Å². The molecule has 1 unspecified atom stereocenters. The second kappa shape index (κ2) is 5.80. The number of rotatable bonds is 3. The highest BCUT2D eigenvalue weighted by atomic mass is 16.5. The van der Waals surface area contributed by atoms with Crippen LogP contribution in [-0.4, -0.2) is 17.5 Å². The van der Waals surface area contributed by atoms with Gasteiger partial charge >= 0.3 is 0 Å². The van der Waals surface area contributed by atoms with Crippen LogP contribution in [0.2, 0.25) is 0 Å². The minimum Gasteiger partial charge on any atom is -0.493 e. The van der Waals surface area contributed by atoms with Crippen molar-refractivity contribution in [1.29, 1.82) is 0 Å². The number of hydrazine groups is 1. The normalized spacial score (nSPS) is 16.5. The molecule has 2 heterocycles. The second-order valence-corrected chi connectivity index (χ2v) is 4.75. The number of nitrogens with two attached hydrogens (primary N) is 1. The predicted molar refractivity (Wildman–Crippen MR) is 78.8 cm³/mol. The molecule has 0 spiro atoms. The third-order valence-electron chi connectivity index (χ3n) is 3.39. The van der Waals surface area contributed by atoms with Gasteiger partial charge in [0.15, 0.2) is 0 Å². The minimum absolute atomic E-state index is 0.0706. The summed E-state index contributed by atoms with van der Waals surface area (Å²) in [6.07, 6.45) is 0.734. The third-order valence-corrected chi connectivity index (χ3v) is 3.39. The number of fused-ring (bicyclic) bond motifs is 1. The Bertz CT molecular complexity index is 660. The van der Waals surface area contributed by atoms with Gasteiger partial charge in [-0.25, -0.2) is 10.8 Å². The van der Waals surface area contributed by atoms with E-state index in [9.17, 15) is 4.79 Å². The minimum atomic E-state index is -0.228. The first-order valence-electron chi connectivity index (χ1n) is 6.74. The van der Waals surface area contributed by atoms with E-state index >= 15 is 0 Å². The SMILES string of the molecule is NNc1cccc(C(=O)NC2CCOc3ccccc32)n1. The molecule has 1 aromatic carbocycles. The summed E-state index contributed by atoms with van der Waals surface area (Å²) in [6.45, 7) is 0.583. The quantitative estimate of drug-likeness (QED) is 0.588. The van der Waals surface area contributed by atoms with Gasteiger partial charge in [-0.2, -0.15) is 0 Å². The third kappa shape index (κ3) is 2.80. The number of carbonyl (C=O) groups is 1. The van der Waals surface area contributed by atoms with Gasteiger partial charge in [-0.3, -0.25) is 4.79 Å². The van der Waals surface area contributed by atoms with E-state index < -0.39 is 0 Å². The van der Waals surface area contributed by atoms with Crippen LogP contribution >= 0.6 is 0 Å². The van der Waals surface area contributed by atoms with Crippen LogP contribution in [0.15, 0.2) is 42.5 Å². The Morgan fingerprint density at radius 3 is 2.95 bits per heavy atom. The number of nitrogens with zero attached hydrogens (tertiary/aromatic N) is 1. The van der Waals surface area contributed by atoms with Gasteiger partial charge in [-0.05, 0) is 18.2 Å². The maximum atomic E-state index is 12.3. The zero-order valence-electron chi connectivity index (χ0n) is 11.4. The van der Waals surface area contributed by atoms with Crippen LogP contribution in [0.3, 0.4) is 0 Å². The lowest BCUT2D eigenvalue weighted by molar-refractivity contribution is 0.0920. The topological polar surface area (TPSA) is 89.3 Å². The molecular weight excluding hydrogens is 268 g/mol. The van der Waals surface area contributed by atoms with Crippen molar-refractivity contribution in [3.8, 4) is 5.75 Å². The zero-order chi connectivity index (χ0) is 14.7. The van der Waals surface area contributed by atoms with Crippen molar-refractivity contribution in [2.24, 2.45) is 5.84 Å². The first-order chi connectivity index (χ1) is 10.3. The van der Waals surface area contributed by atoms with E-state index in [0.29, 0.717) is 18.1 Å². The molecule has 4 N–H and O–H groups in total. The molecule has 0 bridgehead atoms. The van der Waals surface area contributed by atoms with Gasteiger partial charge in [0.25, 0.3) is 5.91 Å². The largest absolute Gasteiger partial charge is 0.493 e. The number of benzene rings is 1. The summed E-state index contributed by atoms with van der Waals surface area (Å²) < 4.78 is 5.58. The summed E-state index contributed by atoms with van der Waals surface area (Å²) in [5, 5.41) is 2.99. The molecule has 6 heteroatoms. The highest BCUT2D eigenvalue weighted by Gasteiger charge is 2.23. The van der Waals surface area contributed by atoms with Crippen molar-refractivity contribution in [1.82, 2.24) is 10.3 Å². The number of nitrogens with one attached hydrogen (secondary N) is 2. The van der Waals surface area contributed by atoms with E-state index in [-0.39, 0.29) is 11.9 Å². The monoisotopic (exact) mass is 284 g/mol. The number of nitrogen functional groups attached to an aromatic ring is 1. The number of carbonyl (C=O) groups excluding carboxylic acids is 1. The van der Waals surface area contributed by atoms with Crippen molar-refractivity contribution in [3.05, 3.63) is 53.7 Å². The van der Waals surface area contributed by atoms with Gasteiger partial charge < -0.3 is 15.5 Å². The Morgan fingerprint density at radius 2 is 2.10 bits per heavy atom. The fraction of sp³-hybridized carbons (Fsp3) is 0.200. The van der Waals surface area contributed by atoms with E-state index in [4.69, 9.17) is 10.6 Å². The fourth-order valence-corrected chi connectivity index (χ4v) is 2.37. The van der Waals surface area contributed by atoms with Crippen LogP contribution < -0.4 is 21.3 Å². The molecular formula is C15H16N4O2. The van der Waals surface area contributed by atoms with Crippen molar-refractivity contribution < 1.29 is 9.53 Å². The van der Waals surface area contributed by atoms with E-state index in [0.717, 1.165) is 17.7 Å². The van der Waals surface area contributed by atoms with Gasteiger partial charge in [-0.1, -0.05) is 24.3 Å². The Kier molecular flexibility index (Phi) is 3.70. The van der Waals surface area contributed by atoms with Crippen molar-refractivity contribution in [3.63, 3.8) is 0 Å². The van der Waals surface area contributed by atoms with E-state index in [1.807, 2.05) is 24.3 Å². The molecule has 1 atom stereocenters. The van der Waals surface area contributed by atoms with E-state index in [1.54, 1.807) is 18.2 Å². The Morgan fingerprint density at radius 1 is 1.24 bits per heavy atom. The first-order valence-corrected chi connectivity index (χ1v) is 6.74. The van der Waals surface area contributed by atoms with Gasteiger partial charge in [0, 0.05) is 12.0 Å². The molecule has 1 aliphatic heterocycles. The lowest BCUT2D eigenvalue weighted by Crippen LogP contribution is -2.32. The van der Waals surface area contributed by atoms with Crippen molar-refractivity contribution in [2.45, 2.75) is 12.5 Å². The molecule has 1 aliphatic rings. The smallest absolute Gasteiger partial charge is 0.270 e. The zero-order valence-corrected chi connectivity index (χ0v) is 11.4. The summed E-state index contributed by atoms with van der Waals surface area (Å²) in [5.74, 6) is 6.35. The average molecular weight is 284 g/mol. The number of para-hydroxylation sites is 1. The van der Waals surface area contributed by atoms with Crippen LogP contribution in [0.1, 0.15) is 28.5 Å². The Balaban J connectivity index is 1.79. The Labute approximate surface area is 122 Å². The van der Waals surface area contributed by atoms with Crippen molar-refractivity contribution in [2.75, 3.05) is 12.0 Å². The summed E-state index contributed by atoms with van der Waals surface area (Å²) in [7, 11) is 0. The molecule has 0 saturated heterocycles. The molecule has 6 nitrogen and oxygen atoms in total. The number of amides is 1. The maximum Gasteiger partial charge on any atom is 0.270 e. The highest BCUT2D eigenvalue weighted by Crippen LogP contribution is 2.31. The van der Waals surface area contributed by atoms with E-state index in [1.165, 1.54) is 0 Å². The van der Waals surface area contributed by atoms with Crippen LogP contribution in [0.5, 0.6) is 5.75 Å². The van der Waals surface area contributed by atoms with Crippen LogP contribution in [0.25, 0.3) is 0 Å². The first kappa shape index (κ1) is 13.4. The molecule has 1 amide bonds. The van der Waals surface area contributed by atoms with Crippen LogP contribution in [0, 0.1) is 0 Å². The molecule has 0 saturated carbocycles. The summed E-state index contributed by atoms with van der Waals surface area (Å²) in [4.78, 5) is 16.4. The number of hydrogen-bond acceptors (Lipinski definition) is 5. The fourth-order valence-electron chi connectivity index (χ4n) is 2.37. The number of hydrogen-bond donors (Lipinski definition) is 3. The second-order valence-electron chi connectivity index (χ2n) is 4.75. The Hall–Kier alpha value is -2.60. The molecule has 2 aromatic rings. The number of ether oxygens (including phenoxy) is 1. The van der Waals surface area contributed by atoms with Gasteiger partial charge in [0.2, 0.25) is 0 Å². The highest BCUT2D eigenvalue weighted by molar-refractivity contribution is 5.93. The van der Waals surface area contributed by atoms with Crippen LogP contribution in [-0.2, 0) is 0 Å². The summed E-state index contributed by atoms with van der Waals surface area (Å²) >= 11 is 0. The molecule has 0 fully saturated rings. The lowest BCUT2D eigenvalue weighted by Gasteiger charge is -2.26. The average Bonchev–Trinajstić information content (AvgIpc) is 2.55. The van der Waals surface area contributed by atoms with Gasteiger partial charge in [-0.15, -0.1) is 0 Å². The number of anilines is 1. The van der Waals surface area contributed by atoms with Gasteiger partial charge in [0.05, 0.1) is 12.6 Å². The molecule has 3 rings (SSSR count).